The lowest BCUT2D eigenvalue weighted by Crippen LogP contribution is -2.39. The molecule has 0 aliphatic carbocycles. The number of nitrogens with zero attached hydrogens (tertiary/aromatic N) is 2. The van der Waals surface area contributed by atoms with Gasteiger partial charge in [-0.3, -0.25) is 19.8 Å². The van der Waals surface area contributed by atoms with E-state index < -0.39 is 23.0 Å². The van der Waals surface area contributed by atoms with Gasteiger partial charge in [0.15, 0.2) is 0 Å². The number of nitrogens with one attached hydrogen (secondary N) is 1. The number of nitro groups is 1. The van der Waals surface area contributed by atoms with Gasteiger partial charge in [0.05, 0.1) is 11.0 Å². The molecular formula is C23H18ClN3O5. The van der Waals surface area contributed by atoms with Crippen LogP contribution in [0.1, 0.15) is 22.7 Å². The molecule has 4 rings (SSSR count). The largest absolute Gasteiger partial charge is 0.445 e. The lowest BCUT2D eigenvalue weighted by molar-refractivity contribution is -0.384. The van der Waals surface area contributed by atoms with Crippen LogP contribution in [-0.2, 0) is 16.1 Å². The van der Waals surface area contributed by atoms with Crippen molar-refractivity contribution < 1.29 is 19.2 Å². The van der Waals surface area contributed by atoms with E-state index in [9.17, 15) is 19.7 Å². The van der Waals surface area contributed by atoms with Crippen molar-refractivity contribution in [2.45, 2.75) is 12.6 Å². The van der Waals surface area contributed by atoms with Crippen molar-refractivity contribution in [2.24, 2.45) is 0 Å². The number of rotatable bonds is 4. The van der Waals surface area contributed by atoms with Crippen LogP contribution in [-0.4, -0.2) is 28.4 Å². The quantitative estimate of drug-likeness (QED) is 0.447. The molecule has 3 aromatic rings. The van der Waals surface area contributed by atoms with E-state index in [0.29, 0.717) is 21.8 Å². The minimum Gasteiger partial charge on any atom is -0.445 e. The average molecular weight is 452 g/mol. The highest BCUT2D eigenvalue weighted by Crippen LogP contribution is 2.38. The van der Waals surface area contributed by atoms with Crippen LogP contribution >= 0.6 is 11.6 Å². The maximum absolute atomic E-state index is 13.1. The molecule has 0 bridgehead atoms. The van der Waals surface area contributed by atoms with Crippen LogP contribution < -0.4 is 5.32 Å². The third-order valence-corrected chi connectivity index (χ3v) is 5.32. The zero-order valence-corrected chi connectivity index (χ0v) is 17.5. The number of benzene rings is 3. The summed E-state index contributed by atoms with van der Waals surface area (Å²) < 4.78 is 5.49. The maximum Gasteiger partial charge on any atom is 0.411 e. The van der Waals surface area contributed by atoms with Crippen LogP contribution in [0.3, 0.4) is 0 Å². The number of non-ortho nitro benzene ring substituents is 1. The molecule has 1 N–H and O–H groups in total. The Morgan fingerprint density at radius 2 is 1.84 bits per heavy atom. The summed E-state index contributed by atoms with van der Waals surface area (Å²) in [6, 6.07) is 19.2. The summed E-state index contributed by atoms with van der Waals surface area (Å²) in [5, 5.41) is 14.7. The van der Waals surface area contributed by atoms with Gasteiger partial charge in [-0.1, -0.05) is 54.1 Å². The second-order valence-corrected chi connectivity index (χ2v) is 7.64. The Labute approximate surface area is 188 Å². The minimum absolute atomic E-state index is 0.0164. The zero-order chi connectivity index (χ0) is 22.7. The van der Waals surface area contributed by atoms with E-state index >= 15 is 0 Å². The number of hydrogen-bond donors (Lipinski definition) is 1. The predicted octanol–water partition coefficient (Wildman–Crippen LogP) is 4.93. The van der Waals surface area contributed by atoms with Gasteiger partial charge < -0.3 is 10.1 Å². The van der Waals surface area contributed by atoms with Gasteiger partial charge in [0, 0.05) is 28.4 Å². The van der Waals surface area contributed by atoms with E-state index in [1.165, 1.54) is 23.1 Å². The second kappa shape index (κ2) is 9.07. The summed E-state index contributed by atoms with van der Waals surface area (Å²) in [5.74, 6) is -0.429. The standard InChI is InChI=1S/C23H18ClN3O5/c24-17-8-6-15(7-9-17)14-32-23(29)26-13-21(28)25-20-11-10-18(27(30)31)12-19(20)22(26)16-4-2-1-3-5-16/h1-12,22H,13-14H2,(H,25,28). The topological polar surface area (TPSA) is 102 Å². The summed E-state index contributed by atoms with van der Waals surface area (Å²) in [4.78, 5) is 37.8. The highest BCUT2D eigenvalue weighted by molar-refractivity contribution is 6.30. The Kier molecular flexibility index (Phi) is 6.04. The SMILES string of the molecule is O=C1CN(C(=O)OCc2ccc(Cl)cc2)C(c2ccccc2)c2cc([N+](=O)[O-])ccc2N1. The molecule has 0 spiro atoms. The summed E-state index contributed by atoms with van der Waals surface area (Å²) >= 11 is 5.89. The van der Waals surface area contributed by atoms with E-state index in [0.717, 1.165) is 5.56 Å². The van der Waals surface area contributed by atoms with Gasteiger partial charge in [-0.05, 0) is 29.3 Å². The molecule has 9 heteroatoms. The molecular weight excluding hydrogens is 434 g/mol. The number of hydrogen-bond acceptors (Lipinski definition) is 5. The maximum atomic E-state index is 13.1. The normalized spacial score (nSPS) is 15.3. The van der Waals surface area contributed by atoms with Crippen LogP contribution in [0.2, 0.25) is 5.02 Å². The number of amides is 2. The van der Waals surface area contributed by atoms with Gasteiger partial charge in [0.25, 0.3) is 5.69 Å². The Hall–Kier alpha value is -3.91. The Morgan fingerprint density at radius 3 is 2.53 bits per heavy atom. The molecule has 162 valence electrons. The number of carbonyl (C=O) groups is 2. The smallest absolute Gasteiger partial charge is 0.411 e. The van der Waals surface area contributed by atoms with Crippen LogP contribution in [0.5, 0.6) is 0 Å². The van der Waals surface area contributed by atoms with Crippen molar-refractivity contribution in [1.82, 2.24) is 4.90 Å². The van der Waals surface area contributed by atoms with Crippen LogP contribution in [0, 0.1) is 10.1 Å². The van der Waals surface area contributed by atoms with Gasteiger partial charge >= 0.3 is 6.09 Å². The second-order valence-electron chi connectivity index (χ2n) is 7.20. The van der Waals surface area contributed by atoms with Gasteiger partial charge in [-0.25, -0.2) is 4.79 Å². The first-order valence-electron chi connectivity index (χ1n) is 9.73. The Bertz CT molecular complexity index is 1170. The average Bonchev–Trinajstić information content (AvgIpc) is 2.94. The lowest BCUT2D eigenvalue weighted by atomic mass is 9.95. The van der Waals surface area contributed by atoms with E-state index in [4.69, 9.17) is 16.3 Å². The summed E-state index contributed by atoms with van der Waals surface area (Å²) in [7, 11) is 0. The third kappa shape index (κ3) is 4.55. The van der Waals surface area contributed by atoms with Gasteiger partial charge in [-0.2, -0.15) is 0 Å². The fraction of sp³-hybridized carbons (Fsp3) is 0.130. The zero-order valence-electron chi connectivity index (χ0n) is 16.7. The van der Waals surface area contributed by atoms with Gasteiger partial charge in [0.1, 0.15) is 13.2 Å². The number of carbonyl (C=O) groups excluding carboxylic acids is 2. The van der Waals surface area contributed by atoms with Crippen molar-refractivity contribution in [3.8, 4) is 0 Å². The molecule has 0 aromatic heterocycles. The fourth-order valence-corrected chi connectivity index (χ4v) is 3.71. The highest BCUT2D eigenvalue weighted by Gasteiger charge is 2.35. The first kappa shape index (κ1) is 21.3. The molecule has 1 aliphatic rings. The molecule has 0 fully saturated rings. The molecule has 1 heterocycles. The molecule has 32 heavy (non-hydrogen) atoms. The third-order valence-electron chi connectivity index (χ3n) is 5.07. The van der Waals surface area contributed by atoms with Crippen LogP contribution in [0.15, 0.2) is 72.8 Å². The first-order valence-corrected chi connectivity index (χ1v) is 10.1. The van der Waals surface area contributed by atoms with E-state index in [1.54, 1.807) is 48.5 Å². The molecule has 0 saturated carbocycles. The number of nitro benzene ring substituents is 1. The minimum atomic E-state index is -0.761. The summed E-state index contributed by atoms with van der Waals surface area (Å²) in [6.07, 6.45) is -0.719. The summed E-state index contributed by atoms with van der Waals surface area (Å²) in [6.45, 7) is -0.293. The van der Waals surface area contributed by atoms with E-state index in [-0.39, 0.29) is 18.8 Å². The number of ether oxygens (including phenoxy) is 1. The Morgan fingerprint density at radius 1 is 1.12 bits per heavy atom. The Balaban J connectivity index is 1.72. The van der Waals surface area contributed by atoms with Crippen molar-refractivity contribution in [2.75, 3.05) is 11.9 Å². The van der Waals surface area contributed by atoms with Crippen molar-refractivity contribution >= 4 is 35.0 Å². The highest BCUT2D eigenvalue weighted by atomic mass is 35.5. The molecule has 8 nitrogen and oxygen atoms in total. The van der Waals surface area contributed by atoms with Crippen molar-refractivity contribution in [3.63, 3.8) is 0 Å². The molecule has 3 aromatic carbocycles. The predicted molar refractivity (Wildman–Crippen MR) is 118 cm³/mol. The van der Waals surface area contributed by atoms with Gasteiger partial charge in [0.2, 0.25) is 5.91 Å². The van der Waals surface area contributed by atoms with Crippen LogP contribution in [0.4, 0.5) is 16.2 Å². The van der Waals surface area contributed by atoms with Crippen molar-refractivity contribution in [1.29, 1.82) is 0 Å². The van der Waals surface area contributed by atoms with E-state index in [2.05, 4.69) is 5.32 Å². The van der Waals surface area contributed by atoms with E-state index in [1.807, 2.05) is 6.07 Å². The van der Waals surface area contributed by atoms with Crippen LogP contribution in [0.25, 0.3) is 0 Å². The molecule has 1 atom stereocenters. The molecule has 0 radical (unpaired) electrons. The number of halogens is 1. The van der Waals surface area contributed by atoms with Crippen molar-refractivity contribution in [3.05, 3.63) is 105 Å². The molecule has 0 saturated heterocycles. The number of fused-ring (bicyclic) bond motifs is 1. The number of anilines is 1. The first-order chi connectivity index (χ1) is 15.4. The monoisotopic (exact) mass is 451 g/mol. The summed E-state index contributed by atoms with van der Waals surface area (Å²) in [5.41, 5.74) is 2.11. The lowest BCUT2D eigenvalue weighted by Gasteiger charge is -2.29. The molecule has 1 aliphatic heterocycles. The fourth-order valence-electron chi connectivity index (χ4n) is 3.58. The molecule has 2 amide bonds. The van der Waals surface area contributed by atoms with Gasteiger partial charge in [-0.15, -0.1) is 0 Å². The molecule has 1 unspecified atom stereocenters.